The summed E-state index contributed by atoms with van der Waals surface area (Å²) in [4.78, 5) is 25.2. The van der Waals surface area contributed by atoms with E-state index >= 15 is 0 Å². The van der Waals surface area contributed by atoms with Crippen LogP contribution < -0.4 is 5.56 Å². The van der Waals surface area contributed by atoms with Gasteiger partial charge in [0.25, 0.3) is 5.56 Å². The monoisotopic (exact) mass is 248 g/mol. The summed E-state index contributed by atoms with van der Waals surface area (Å²) in [5.41, 5.74) is 0.0395. The Hall–Kier alpha value is -1.42. The predicted octanol–water partition coefficient (Wildman–Crippen LogP) is 1.15. The van der Waals surface area contributed by atoms with Crippen molar-refractivity contribution < 1.29 is 4.79 Å². The van der Waals surface area contributed by atoms with Crippen LogP contribution in [0.5, 0.6) is 0 Å². The minimum absolute atomic E-state index is 0.0395. The molecule has 4 nitrogen and oxygen atoms in total. The zero-order valence-electron chi connectivity index (χ0n) is 10.8. The van der Waals surface area contributed by atoms with E-state index in [0.29, 0.717) is 6.54 Å². The van der Waals surface area contributed by atoms with Crippen molar-refractivity contribution in [3.63, 3.8) is 0 Å². The first-order valence-corrected chi connectivity index (χ1v) is 6.55. The van der Waals surface area contributed by atoms with Crippen LogP contribution in [0.1, 0.15) is 19.8 Å². The van der Waals surface area contributed by atoms with E-state index in [4.69, 9.17) is 0 Å². The smallest absolute Gasteiger partial charge is 0.250 e. The molecule has 2 heterocycles. The molecular weight excluding hydrogens is 228 g/mol. The molecule has 1 unspecified atom stereocenters. The lowest BCUT2D eigenvalue weighted by Crippen LogP contribution is -2.40. The number of Topliss-reactive ketones (excluding diaryl/α,β-unsaturated/α-hetero) is 1. The fourth-order valence-electron chi connectivity index (χ4n) is 2.48. The van der Waals surface area contributed by atoms with Crippen LogP contribution in [0.25, 0.3) is 0 Å². The number of rotatable bonds is 4. The Balaban J connectivity index is 1.89. The highest BCUT2D eigenvalue weighted by atomic mass is 16.1. The molecular formula is C14H20N2O2. The van der Waals surface area contributed by atoms with E-state index in [1.807, 2.05) is 12.3 Å². The summed E-state index contributed by atoms with van der Waals surface area (Å²) in [6, 6.07) is 5.20. The Morgan fingerprint density at radius 1 is 1.39 bits per heavy atom. The molecule has 1 aromatic heterocycles. The van der Waals surface area contributed by atoms with Gasteiger partial charge in [-0.1, -0.05) is 6.07 Å². The number of piperidine rings is 1. The fourth-order valence-corrected chi connectivity index (χ4v) is 2.48. The second-order valence-corrected chi connectivity index (χ2v) is 4.98. The molecule has 0 aliphatic carbocycles. The van der Waals surface area contributed by atoms with E-state index < -0.39 is 0 Å². The summed E-state index contributed by atoms with van der Waals surface area (Å²) < 4.78 is 1.72. The minimum atomic E-state index is 0.0395. The van der Waals surface area contributed by atoms with Gasteiger partial charge < -0.3 is 9.47 Å². The van der Waals surface area contributed by atoms with Crippen LogP contribution in [0.3, 0.4) is 0 Å². The Bertz CT molecular complexity index is 467. The van der Waals surface area contributed by atoms with E-state index in [1.54, 1.807) is 23.6 Å². The van der Waals surface area contributed by atoms with Gasteiger partial charge in [0.15, 0.2) is 0 Å². The molecule has 0 N–H and O–H groups in total. The lowest BCUT2D eigenvalue weighted by molar-refractivity contribution is -0.122. The van der Waals surface area contributed by atoms with Gasteiger partial charge in [-0.25, -0.2) is 0 Å². The normalized spacial score (nSPS) is 20.8. The zero-order valence-corrected chi connectivity index (χ0v) is 10.8. The van der Waals surface area contributed by atoms with Crippen molar-refractivity contribution in [2.75, 3.05) is 19.6 Å². The number of hydrogen-bond donors (Lipinski definition) is 0. The number of carbonyl (C=O) groups excluding carboxylic acids is 1. The van der Waals surface area contributed by atoms with Gasteiger partial charge in [0.2, 0.25) is 0 Å². The highest BCUT2D eigenvalue weighted by Crippen LogP contribution is 2.16. The minimum Gasteiger partial charge on any atom is -0.314 e. The van der Waals surface area contributed by atoms with E-state index in [-0.39, 0.29) is 17.3 Å². The Labute approximate surface area is 107 Å². The molecule has 0 bridgehead atoms. The molecule has 0 spiro atoms. The van der Waals surface area contributed by atoms with Gasteiger partial charge in [-0.15, -0.1) is 0 Å². The van der Waals surface area contributed by atoms with Gasteiger partial charge >= 0.3 is 0 Å². The Kier molecular flexibility index (Phi) is 4.31. The standard InChI is InChI=1S/C14H20N2O2/c1-12(17)13-5-4-7-15(11-13)9-10-16-8-3-2-6-14(16)18/h2-3,6,8,13H,4-5,7,9-11H2,1H3. The molecule has 0 amide bonds. The zero-order chi connectivity index (χ0) is 13.0. The molecule has 1 aliphatic rings. The van der Waals surface area contributed by atoms with Crippen molar-refractivity contribution in [3.8, 4) is 0 Å². The first-order chi connectivity index (χ1) is 8.66. The SMILES string of the molecule is CC(=O)C1CCCN(CCn2ccccc2=O)C1. The summed E-state index contributed by atoms with van der Waals surface area (Å²) >= 11 is 0. The van der Waals surface area contributed by atoms with Crippen molar-refractivity contribution in [3.05, 3.63) is 34.7 Å². The van der Waals surface area contributed by atoms with Crippen LogP contribution in [0, 0.1) is 5.92 Å². The van der Waals surface area contributed by atoms with Crippen molar-refractivity contribution >= 4 is 5.78 Å². The van der Waals surface area contributed by atoms with E-state index in [2.05, 4.69) is 4.90 Å². The number of hydrogen-bond acceptors (Lipinski definition) is 3. The van der Waals surface area contributed by atoms with Crippen molar-refractivity contribution in [1.82, 2.24) is 9.47 Å². The number of ketones is 1. The summed E-state index contributed by atoms with van der Waals surface area (Å²) in [5.74, 6) is 0.475. The first kappa shape index (κ1) is 13.0. The van der Waals surface area contributed by atoms with E-state index in [1.165, 1.54) is 0 Å². The second-order valence-electron chi connectivity index (χ2n) is 4.98. The summed E-state index contributed by atoms with van der Waals surface area (Å²) in [7, 11) is 0. The van der Waals surface area contributed by atoms with Gasteiger partial charge in [-0.05, 0) is 32.4 Å². The average molecular weight is 248 g/mol. The van der Waals surface area contributed by atoms with Gasteiger partial charge in [-0.2, -0.15) is 0 Å². The fraction of sp³-hybridized carbons (Fsp3) is 0.571. The summed E-state index contributed by atoms with van der Waals surface area (Å²) in [6.07, 6.45) is 3.90. The Morgan fingerprint density at radius 2 is 2.22 bits per heavy atom. The van der Waals surface area contributed by atoms with Gasteiger partial charge in [0.1, 0.15) is 5.78 Å². The number of pyridine rings is 1. The van der Waals surface area contributed by atoms with Gasteiger partial charge in [0.05, 0.1) is 0 Å². The number of nitrogens with zero attached hydrogens (tertiary/aromatic N) is 2. The first-order valence-electron chi connectivity index (χ1n) is 6.55. The number of aromatic nitrogens is 1. The second kappa shape index (κ2) is 5.96. The third-order valence-corrected chi connectivity index (χ3v) is 3.64. The van der Waals surface area contributed by atoms with Crippen molar-refractivity contribution in [1.29, 1.82) is 0 Å². The molecule has 4 heteroatoms. The lowest BCUT2D eigenvalue weighted by Gasteiger charge is -2.31. The highest BCUT2D eigenvalue weighted by molar-refractivity contribution is 5.78. The maximum absolute atomic E-state index is 11.6. The maximum atomic E-state index is 11.6. The largest absolute Gasteiger partial charge is 0.314 e. The van der Waals surface area contributed by atoms with Crippen molar-refractivity contribution in [2.45, 2.75) is 26.3 Å². The molecule has 2 rings (SSSR count). The van der Waals surface area contributed by atoms with E-state index in [9.17, 15) is 9.59 Å². The van der Waals surface area contributed by atoms with Crippen molar-refractivity contribution in [2.24, 2.45) is 5.92 Å². The molecule has 0 aromatic carbocycles. The summed E-state index contributed by atoms with van der Waals surface area (Å²) in [6.45, 7) is 5.09. The van der Waals surface area contributed by atoms with Crippen LogP contribution in [-0.4, -0.2) is 34.9 Å². The molecule has 18 heavy (non-hydrogen) atoms. The van der Waals surface area contributed by atoms with Gasteiger partial charge in [-0.3, -0.25) is 9.59 Å². The van der Waals surface area contributed by atoms with Crippen LogP contribution >= 0.6 is 0 Å². The third kappa shape index (κ3) is 3.29. The van der Waals surface area contributed by atoms with Crippen LogP contribution in [0.4, 0.5) is 0 Å². The number of carbonyl (C=O) groups is 1. The molecule has 1 aromatic rings. The average Bonchev–Trinajstić information content (AvgIpc) is 2.38. The molecule has 0 radical (unpaired) electrons. The molecule has 98 valence electrons. The van der Waals surface area contributed by atoms with Crippen LogP contribution in [0.2, 0.25) is 0 Å². The third-order valence-electron chi connectivity index (χ3n) is 3.64. The van der Waals surface area contributed by atoms with Crippen LogP contribution in [0.15, 0.2) is 29.2 Å². The quantitative estimate of drug-likeness (QED) is 0.802. The van der Waals surface area contributed by atoms with Crippen LogP contribution in [-0.2, 0) is 11.3 Å². The molecule has 1 aliphatic heterocycles. The molecule has 1 saturated heterocycles. The predicted molar refractivity (Wildman–Crippen MR) is 70.5 cm³/mol. The Morgan fingerprint density at radius 3 is 2.94 bits per heavy atom. The summed E-state index contributed by atoms with van der Waals surface area (Å²) in [5, 5.41) is 0. The number of likely N-dealkylation sites (tertiary alicyclic amines) is 1. The molecule has 1 fully saturated rings. The maximum Gasteiger partial charge on any atom is 0.250 e. The molecule has 1 atom stereocenters. The lowest BCUT2D eigenvalue weighted by atomic mass is 9.95. The van der Waals surface area contributed by atoms with Gasteiger partial charge in [0, 0.05) is 37.8 Å². The topological polar surface area (TPSA) is 42.3 Å². The highest BCUT2D eigenvalue weighted by Gasteiger charge is 2.22. The molecule has 0 saturated carbocycles. The van der Waals surface area contributed by atoms with E-state index in [0.717, 1.165) is 32.5 Å².